The van der Waals surface area contributed by atoms with Gasteiger partial charge in [0.05, 0.1) is 22.1 Å². The van der Waals surface area contributed by atoms with Crippen LogP contribution in [0.2, 0.25) is 5.02 Å². The van der Waals surface area contributed by atoms with Gasteiger partial charge < -0.3 is 5.32 Å². The average Bonchev–Trinajstić information content (AvgIpc) is 3.20. The van der Waals surface area contributed by atoms with Crippen LogP contribution in [0.1, 0.15) is 30.3 Å². The third-order valence-corrected chi connectivity index (χ3v) is 5.55. The lowest BCUT2D eigenvalue weighted by atomic mass is 10.0. The fraction of sp³-hybridized carbons (Fsp3) is 0.333. The molecule has 0 aliphatic carbocycles. The Kier molecular flexibility index (Phi) is 5.74. The van der Waals surface area contributed by atoms with E-state index in [9.17, 15) is 22.0 Å². The molecular weight excluding hydrogens is 439 g/mol. The third-order valence-electron chi connectivity index (χ3n) is 5.23. The summed E-state index contributed by atoms with van der Waals surface area (Å²) >= 11 is 6.20. The molecule has 0 saturated heterocycles. The van der Waals surface area contributed by atoms with Crippen molar-refractivity contribution in [1.82, 2.24) is 10.3 Å². The molecule has 1 unspecified atom stereocenters. The fourth-order valence-electron chi connectivity index (χ4n) is 3.62. The van der Waals surface area contributed by atoms with Gasteiger partial charge in [0.15, 0.2) is 0 Å². The molecule has 2 aliphatic rings. The van der Waals surface area contributed by atoms with Crippen LogP contribution in [0.4, 0.5) is 27.6 Å². The first-order chi connectivity index (χ1) is 14.7. The molecule has 0 radical (unpaired) electrons. The SMILES string of the molecule is FC(F)(F)C(F)(F)C1=NN(c2ccccc2Cl)C(c2cccc(C3=CCNCC3)n2)C1. The lowest BCUT2D eigenvalue weighted by Gasteiger charge is -2.24. The van der Waals surface area contributed by atoms with Gasteiger partial charge in [0.25, 0.3) is 0 Å². The zero-order chi connectivity index (χ0) is 22.2. The summed E-state index contributed by atoms with van der Waals surface area (Å²) in [5.41, 5.74) is 0.959. The standard InChI is InChI=1S/C21H18ClF5N4/c22-14-4-1-2-7-17(14)31-18(12-19(30-31)20(23,24)21(25,26)27)16-6-3-5-15(29-16)13-8-10-28-11-9-13/h1-8,18,28H,9-12H2. The Hall–Kier alpha value is -2.52. The second-order valence-corrected chi connectivity index (χ2v) is 7.67. The number of nitrogens with zero attached hydrogens (tertiary/aromatic N) is 3. The Morgan fingerprint density at radius 3 is 2.48 bits per heavy atom. The molecule has 31 heavy (non-hydrogen) atoms. The topological polar surface area (TPSA) is 40.5 Å². The van der Waals surface area contributed by atoms with Gasteiger partial charge in [-0.25, -0.2) is 0 Å². The second-order valence-electron chi connectivity index (χ2n) is 7.27. The maximum absolute atomic E-state index is 14.1. The summed E-state index contributed by atoms with van der Waals surface area (Å²) in [4.78, 5) is 4.58. The Balaban J connectivity index is 1.76. The lowest BCUT2D eigenvalue weighted by Crippen LogP contribution is -2.43. The van der Waals surface area contributed by atoms with E-state index in [0.29, 0.717) is 17.9 Å². The monoisotopic (exact) mass is 456 g/mol. The predicted octanol–water partition coefficient (Wildman–Crippen LogP) is 5.62. The lowest BCUT2D eigenvalue weighted by molar-refractivity contribution is -0.249. The normalized spacial score (nSPS) is 19.9. The van der Waals surface area contributed by atoms with E-state index >= 15 is 0 Å². The van der Waals surface area contributed by atoms with E-state index in [-0.39, 0.29) is 10.7 Å². The maximum atomic E-state index is 14.1. The van der Waals surface area contributed by atoms with Crippen LogP contribution in [-0.4, -0.2) is 35.9 Å². The number of hydrogen-bond acceptors (Lipinski definition) is 4. The highest BCUT2D eigenvalue weighted by Crippen LogP contribution is 2.45. The molecule has 0 amide bonds. The molecular formula is C21H18ClF5N4. The fourth-order valence-corrected chi connectivity index (χ4v) is 3.85. The molecule has 4 nitrogen and oxygen atoms in total. The highest BCUT2D eigenvalue weighted by molar-refractivity contribution is 6.33. The van der Waals surface area contributed by atoms with E-state index < -0.39 is 30.3 Å². The summed E-state index contributed by atoms with van der Waals surface area (Å²) in [7, 11) is 0. The van der Waals surface area contributed by atoms with Gasteiger partial charge >= 0.3 is 12.1 Å². The van der Waals surface area contributed by atoms with E-state index in [1.807, 2.05) is 6.08 Å². The van der Waals surface area contributed by atoms with Crippen LogP contribution in [0.25, 0.3) is 5.57 Å². The highest BCUT2D eigenvalue weighted by Gasteiger charge is 2.63. The largest absolute Gasteiger partial charge is 0.459 e. The van der Waals surface area contributed by atoms with Crippen LogP contribution in [0.3, 0.4) is 0 Å². The van der Waals surface area contributed by atoms with Gasteiger partial charge in [-0.2, -0.15) is 27.1 Å². The van der Waals surface area contributed by atoms with Gasteiger partial charge in [-0.3, -0.25) is 9.99 Å². The second kappa shape index (κ2) is 8.20. The molecule has 1 atom stereocenters. The molecule has 1 aromatic heterocycles. The van der Waals surface area contributed by atoms with E-state index in [2.05, 4.69) is 15.4 Å². The number of hydrazone groups is 1. The first kappa shape index (κ1) is 21.7. The summed E-state index contributed by atoms with van der Waals surface area (Å²) in [6.07, 6.45) is -3.66. The Morgan fingerprint density at radius 2 is 1.81 bits per heavy atom. The molecule has 2 aromatic rings. The zero-order valence-corrected chi connectivity index (χ0v) is 16.9. The predicted molar refractivity (Wildman–Crippen MR) is 109 cm³/mol. The number of rotatable bonds is 4. The van der Waals surface area contributed by atoms with Crippen molar-refractivity contribution in [2.24, 2.45) is 5.10 Å². The first-order valence-electron chi connectivity index (χ1n) is 9.62. The number of nitrogens with one attached hydrogen (secondary N) is 1. The van der Waals surface area contributed by atoms with Crippen molar-refractivity contribution in [1.29, 1.82) is 0 Å². The van der Waals surface area contributed by atoms with Crippen LogP contribution in [0.15, 0.2) is 53.6 Å². The molecule has 0 saturated carbocycles. The minimum absolute atomic E-state index is 0.185. The van der Waals surface area contributed by atoms with Gasteiger partial charge in [-0.05, 0) is 42.8 Å². The number of halogens is 6. The molecule has 1 N–H and O–H groups in total. The van der Waals surface area contributed by atoms with Crippen LogP contribution >= 0.6 is 11.6 Å². The number of anilines is 1. The molecule has 2 aliphatic heterocycles. The van der Waals surface area contributed by atoms with Crippen molar-refractivity contribution in [3.8, 4) is 0 Å². The summed E-state index contributed by atoms with van der Waals surface area (Å²) in [6, 6.07) is 10.4. The van der Waals surface area contributed by atoms with Crippen molar-refractivity contribution in [3.05, 3.63) is 65.0 Å². The molecule has 3 heterocycles. The van der Waals surface area contributed by atoms with Crippen LogP contribution in [0.5, 0.6) is 0 Å². The van der Waals surface area contributed by atoms with E-state index in [1.165, 1.54) is 12.1 Å². The van der Waals surface area contributed by atoms with Crippen LogP contribution < -0.4 is 10.3 Å². The number of aromatic nitrogens is 1. The Morgan fingerprint density at radius 1 is 1.03 bits per heavy atom. The number of alkyl halides is 5. The van der Waals surface area contributed by atoms with Crippen molar-refractivity contribution in [2.45, 2.75) is 31.0 Å². The summed E-state index contributed by atoms with van der Waals surface area (Å²) in [5, 5.41) is 8.18. The highest BCUT2D eigenvalue weighted by atomic mass is 35.5. The number of hydrogen-bond donors (Lipinski definition) is 1. The van der Waals surface area contributed by atoms with Crippen molar-refractivity contribution < 1.29 is 22.0 Å². The van der Waals surface area contributed by atoms with Crippen molar-refractivity contribution in [3.63, 3.8) is 0 Å². The van der Waals surface area contributed by atoms with Gasteiger partial charge in [0, 0.05) is 13.0 Å². The molecule has 0 spiro atoms. The molecule has 10 heteroatoms. The van der Waals surface area contributed by atoms with Gasteiger partial charge in [-0.1, -0.05) is 35.9 Å². The summed E-state index contributed by atoms with van der Waals surface area (Å²) < 4.78 is 67.3. The molecule has 4 rings (SSSR count). The third kappa shape index (κ3) is 4.16. The zero-order valence-electron chi connectivity index (χ0n) is 16.1. The summed E-state index contributed by atoms with van der Waals surface area (Å²) in [6.45, 7) is 1.46. The maximum Gasteiger partial charge on any atom is 0.459 e. The van der Waals surface area contributed by atoms with Crippen molar-refractivity contribution in [2.75, 3.05) is 18.1 Å². The molecule has 0 fully saturated rings. The van der Waals surface area contributed by atoms with E-state index in [4.69, 9.17) is 11.6 Å². The van der Waals surface area contributed by atoms with Crippen LogP contribution in [0, 0.1) is 0 Å². The Bertz CT molecular complexity index is 1030. The number of benzene rings is 1. The average molecular weight is 457 g/mol. The number of para-hydroxylation sites is 1. The molecule has 0 bridgehead atoms. The molecule has 164 valence electrons. The van der Waals surface area contributed by atoms with Crippen molar-refractivity contribution >= 4 is 28.6 Å². The van der Waals surface area contributed by atoms with Gasteiger partial charge in [-0.15, -0.1) is 0 Å². The van der Waals surface area contributed by atoms with Crippen LogP contribution in [-0.2, 0) is 0 Å². The molecule has 1 aromatic carbocycles. The van der Waals surface area contributed by atoms with E-state index in [1.54, 1.807) is 30.3 Å². The number of pyridine rings is 1. The minimum Gasteiger partial charge on any atom is -0.313 e. The minimum atomic E-state index is -5.75. The van der Waals surface area contributed by atoms with E-state index in [0.717, 1.165) is 23.5 Å². The first-order valence-corrected chi connectivity index (χ1v) is 9.99. The quantitative estimate of drug-likeness (QED) is 0.607. The Labute approximate surface area is 180 Å². The summed E-state index contributed by atoms with van der Waals surface area (Å²) in [5.74, 6) is -5.06. The smallest absolute Gasteiger partial charge is 0.313 e. The van der Waals surface area contributed by atoms with Gasteiger partial charge in [0.2, 0.25) is 0 Å². The van der Waals surface area contributed by atoms with Gasteiger partial charge in [0.1, 0.15) is 11.8 Å².